The first-order valence-electron chi connectivity index (χ1n) is 7.11. The molecule has 3 N–H and O–H groups in total. The second-order valence-corrected chi connectivity index (χ2v) is 5.24. The average Bonchev–Trinajstić information content (AvgIpc) is 2.51. The Morgan fingerprint density at radius 3 is 2.50 bits per heavy atom. The normalized spacial score (nSPS) is 22.4. The maximum Gasteiger partial charge on any atom is 0.119 e. The summed E-state index contributed by atoms with van der Waals surface area (Å²) in [6, 6.07) is 18.2. The van der Waals surface area contributed by atoms with Crippen molar-refractivity contribution in [3.05, 3.63) is 60.2 Å². The Bertz CT molecular complexity index is 539. The number of piperidine rings is 1. The van der Waals surface area contributed by atoms with Gasteiger partial charge in [0.25, 0.3) is 0 Å². The predicted molar refractivity (Wildman–Crippen MR) is 81.9 cm³/mol. The standard InChI is InChI=1S/C17H20N2O/c18-14-6-8-15(9-7-14)20-17-10-11-19-12-16(17)13-4-2-1-3-5-13/h1-9,16-17,19H,10-12,18H2/t16-,17+/m1/s1. The SMILES string of the molecule is Nc1ccc(O[C@H]2CCNC[C@@H]2c2ccccc2)cc1. The highest BCUT2D eigenvalue weighted by Gasteiger charge is 2.27. The smallest absolute Gasteiger partial charge is 0.119 e. The predicted octanol–water partition coefficient (Wildman–Crippen LogP) is 2.79. The van der Waals surface area contributed by atoms with Gasteiger partial charge in [-0.05, 0) is 42.8 Å². The van der Waals surface area contributed by atoms with E-state index in [1.165, 1.54) is 5.56 Å². The molecule has 0 amide bonds. The Kier molecular flexibility index (Phi) is 3.88. The van der Waals surface area contributed by atoms with Crippen LogP contribution in [0.1, 0.15) is 17.9 Å². The third-order valence-electron chi connectivity index (χ3n) is 3.81. The second kappa shape index (κ2) is 5.97. The second-order valence-electron chi connectivity index (χ2n) is 5.24. The fourth-order valence-corrected chi connectivity index (χ4v) is 2.73. The van der Waals surface area contributed by atoms with Crippen LogP contribution < -0.4 is 15.8 Å². The van der Waals surface area contributed by atoms with Crippen molar-refractivity contribution >= 4 is 5.69 Å². The number of benzene rings is 2. The van der Waals surface area contributed by atoms with E-state index in [9.17, 15) is 0 Å². The molecule has 1 saturated heterocycles. The third-order valence-corrected chi connectivity index (χ3v) is 3.81. The molecule has 104 valence electrons. The number of hydrogen-bond donors (Lipinski definition) is 2. The molecule has 2 atom stereocenters. The minimum absolute atomic E-state index is 0.210. The first-order chi connectivity index (χ1) is 9.83. The highest BCUT2D eigenvalue weighted by molar-refractivity contribution is 5.41. The molecule has 0 unspecified atom stereocenters. The average molecular weight is 268 g/mol. The van der Waals surface area contributed by atoms with Crippen molar-refractivity contribution in [3.63, 3.8) is 0 Å². The van der Waals surface area contributed by atoms with E-state index in [0.29, 0.717) is 5.92 Å². The van der Waals surface area contributed by atoms with Gasteiger partial charge in [0.05, 0.1) is 0 Å². The van der Waals surface area contributed by atoms with Gasteiger partial charge in [0.1, 0.15) is 11.9 Å². The number of ether oxygens (including phenoxy) is 1. The summed E-state index contributed by atoms with van der Waals surface area (Å²) in [5.74, 6) is 1.29. The number of hydrogen-bond acceptors (Lipinski definition) is 3. The zero-order valence-corrected chi connectivity index (χ0v) is 11.5. The largest absolute Gasteiger partial charge is 0.490 e. The summed E-state index contributed by atoms with van der Waals surface area (Å²) in [5, 5.41) is 3.46. The molecular weight excluding hydrogens is 248 g/mol. The van der Waals surface area contributed by atoms with Gasteiger partial charge in [0.2, 0.25) is 0 Å². The highest BCUT2D eigenvalue weighted by Crippen LogP contribution is 2.28. The number of nitrogens with one attached hydrogen (secondary N) is 1. The van der Waals surface area contributed by atoms with Crippen molar-refractivity contribution < 1.29 is 4.74 Å². The zero-order chi connectivity index (χ0) is 13.8. The summed E-state index contributed by atoms with van der Waals surface area (Å²) in [7, 11) is 0. The van der Waals surface area contributed by atoms with Gasteiger partial charge in [-0.2, -0.15) is 0 Å². The summed E-state index contributed by atoms with van der Waals surface area (Å²) in [6.07, 6.45) is 1.23. The summed E-state index contributed by atoms with van der Waals surface area (Å²) < 4.78 is 6.18. The lowest BCUT2D eigenvalue weighted by Crippen LogP contribution is -2.41. The van der Waals surface area contributed by atoms with Crippen LogP contribution in [0.5, 0.6) is 5.75 Å². The number of anilines is 1. The van der Waals surface area contributed by atoms with E-state index >= 15 is 0 Å². The lowest BCUT2D eigenvalue weighted by molar-refractivity contribution is 0.138. The minimum atomic E-state index is 0.210. The van der Waals surface area contributed by atoms with Gasteiger partial charge in [-0.3, -0.25) is 0 Å². The molecule has 0 radical (unpaired) electrons. The molecule has 3 nitrogen and oxygen atoms in total. The van der Waals surface area contributed by atoms with E-state index in [2.05, 4.69) is 35.6 Å². The zero-order valence-electron chi connectivity index (χ0n) is 11.5. The van der Waals surface area contributed by atoms with Gasteiger partial charge >= 0.3 is 0 Å². The van der Waals surface area contributed by atoms with Crippen LogP contribution in [-0.4, -0.2) is 19.2 Å². The molecule has 3 heteroatoms. The highest BCUT2D eigenvalue weighted by atomic mass is 16.5. The fourth-order valence-electron chi connectivity index (χ4n) is 2.73. The van der Waals surface area contributed by atoms with E-state index < -0.39 is 0 Å². The van der Waals surface area contributed by atoms with Gasteiger partial charge in [-0.15, -0.1) is 0 Å². The van der Waals surface area contributed by atoms with Crippen molar-refractivity contribution in [2.24, 2.45) is 0 Å². The maximum absolute atomic E-state index is 6.18. The topological polar surface area (TPSA) is 47.3 Å². The molecule has 1 aliphatic heterocycles. The van der Waals surface area contributed by atoms with Gasteiger partial charge in [-0.1, -0.05) is 30.3 Å². The molecule has 2 aromatic rings. The summed E-state index contributed by atoms with van der Waals surface area (Å²) in [6.45, 7) is 1.96. The molecular formula is C17H20N2O. The molecule has 0 bridgehead atoms. The van der Waals surface area contributed by atoms with E-state index in [1.807, 2.05) is 24.3 Å². The molecule has 3 rings (SSSR count). The van der Waals surface area contributed by atoms with E-state index in [0.717, 1.165) is 30.9 Å². The maximum atomic E-state index is 6.18. The van der Waals surface area contributed by atoms with Crippen LogP contribution in [0.4, 0.5) is 5.69 Å². The summed E-state index contributed by atoms with van der Waals surface area (Å²) in [4.78, 5) is 0. The number of nitrogen functional groups attached to an aromatic ring is 1. The minimum Gasteiger partial charge on any atom is -0.490 e. The number of rotatable bonds is 3. The van der Waals surface area contributed by atoms with E-state index in [4.69, 9.17) is 10.5 Å². The van der Waals surface area contributed by atoms with Crippen LogP contribution in [0.3, 0.4) is 0 Å². The van der Waals surface area contributed by atoms with Crippen molar-refractivity contribution in [2.45, 2.75) is 18.4 Å². The van der Waals surface area contributed by atoms with Crippen LogP contribution in [0.15, 0.2) is 54.6 Å². The monoisotopic (exact) mass is 268 g/mol. The molecule has 0 aromatic heterocycles. The Balaban J connectivity index is 1.77. The Hall–Kier alpha value is -2.00. The molecule has 1 aliphatic rings. The summed E-state index contributed by atoms with van der Waals surface area (Å²) in [5.41, 5.74) is 7.81. The van der Waals surface area contributed by atoms with Crippen molar-refractivity contribution in [1.82, 2.24) is 5.32 Å². The fraction of sp³-hybridized carbons (Fsp3) is 0.294. The lowest BCUT2D eigenvalue weighted by atomic mass is 9.89. The van der Waals surface area contributed by atoms with Gasteiger partial charge in [-0.25, -0.2) is 0 Å². The van der Waals surface area contributed by atoms with Crippen LogP contribution in [0.2, 0.25) is 0 Å². The van der Waals surface area contributed by atoms with Crippen LogP contribution in [0, 0.1) is 0 Å². The van der Waals surface area contributed by atoms with Crippen molar-refractivity contribution in [2.75, 3.05) is 18.8 Å². The molecule has 20 heavy (non-hydrogen) atoms. The van der Waals surface area contributed by atoms with Gasteiger partial charge in [0.15, 0.2) is 0 Å². The van der Waals surface area contributed by atoms with Crippen molar-refractivity contribution in [3.8, 4) is 5.75 Å². The van der Waals surface area contributed by atoms with Crippen LogP contribution in [0.25, 0.3) is 0 Å². The molecule has 0 spiro atoms. The quantitative estimate of drug-likeness (QED) is 0.842. The Morgan fingerprint density at radius 2 is 1.75 bits per heavy atom. The van der Waals surface area contributed by atoms with Crippen LogP contribution in [-0.2, 0) is 0 Å². The molecule has 0 aliphatic carbocycles. The number of nitrogens with two attached hydrogens (primary N) is 1. The van der Waals surface area contributed by atoms with Crippen LogP contribution >= 0.6 is 0 Å². The molecule has 0 saturated carbocycles. The molecule has 1 fully saturated rings. The van der Waals surface area contributed by atoms with Gasteiger partial charge in [0, 0.05) is 18.2 Å². The summed E-state index contributed by atoms with van der Waals surface area (Å²) >= 11 is 0. The lowest BCUT2D eigenvalue weighted by Gasteiger charge is -2.33. The van der Waals surface area contributed by atoms with Crippen molar-refractivity contribution in [1.29, 1.82) is 0 Å². The van der Waals surface area contributed by atoms with E-state index in [1.54, 1.807) is 0 Å². The third kappa shape index (κ3) is 2.94. The molecule has 2 aromatic carbocycles. The molecule has 1 heterocycles. The Morgan fingerprint density at radius 1 is 1.00 bits per heavy atom. The van der Waals surface area contributed by atoms with Gasteiger partial charge < -0.3 is 15.8 Å². The first kappa shape index (κ1) is 13.0. The van der Waals surface area contributed by atoms with E-state index in [-0.39, 0.29) is 6.10 Å². The Labute approximate surface area is 119 Å². The first-order valence-corrected chi connectivity index (χ1v) is 7.11.